The number of likely N-dealkylation sites (N-methyl/N-ethyl adjacent to an activating group) is 1. The first-order chi connectivity index (χ1) is 7.06. The third-order valence-electron chi connectivity index (χ3n) is 2.06. The van der Waals surface area contributed by atoms with Crippen LogP contribution in [0.3, 0.4) is 0 Å². The smallest absolute Gasteiger partial charge is 0.254 e. The van der Waals surface area contributed by atoms with Gasteiger partial charge in [0, 0.05) is 12.6 Å². The molecule has 0 aliphatic rings. The molecule has 0 bridgehead atoms. The summed E-state index contributed by atoms with van der Waals surface area (Å²) in [5.41, 5.74) is 1.43. The molecule has 1 rings (SSSR count). The van der Waals surface area contributed by atoms with Gasteiger partial charge in [-0.15, -0.1) is 0 Å². The van der Waals surface area contributed by atoms with Crippen LogP contribution < -0.4 is 5.32 Å². The summed E-state index contributed by atoms with van der Waals surface area (Å²) < 4.78 is 0. The molecule has 0 heterocycles. The summed E-state index contributed by atoms with van der Waals surface area (Å²) >= 11 is 0. The minimum absolute atomic E-state index is 0.0388. The zero-order chi connectivity index (χ0) is 11.4. The van der Waals surface area contributed by atoms with E-state index >= 15 is 0 Å². The molecule has 3 nitrogen and oxygen atoms in total. The Morgan fingerprint density at radius 3 is 2.53 bits per heavy atom. The lowest BCUT2D eigenvalue weighted by Gasteiger charge is -2.03. The average molecular weight is 203 g/mol. The van der Waals surface area contributed by atoms with E-state index < -0.39 is 5.91 Å². The van der Waals surface area contributed by atoms with Crippen LogP contribution in [0.5, 0.6) is 0 Å². The summed E-state index contributed by atoms with van der Waals surface area (Å²) in [5, 5.41) is 2.37. The van der Waals surface area contributed by atoms with E-state index in [9.17, 15) is 9.59 Å². The molecule has 0 fully saturated rings. The molecule has 0 atom stereocenters. The summed E-state index contributed by atoms with van der Waals surface area (Å²) in [4.78, 5) is 22.9. The van der Waals surface area contributed by atoms with Crippen LogP contribution in [0.2, 0.25) is 0 Å². The van der Waals surface area contributed by atoms with Crippen LogP contribution in [0, 0.1) is 6.92 Å². The monoisotopic (exact) mass is 203 g/mol. The van der Waals surface area contributed by atoms with Crippen molar-refractivity contribution in [3.8, 4) is 0 Å². The number of rotatable bonds is 3. The first-order valence-corrected chi connectivity index (χ1v) is 4.58. The normalized spacial score (nSPS) is 9.47. The van der Waals surface area contributed by atoms with Crippen LogP contribution >= 0.6 is 0 Å². The number of hydrogen-bond acceptors (Lipinski definition) is 2. The van der Waals surface area contributed by atoms with Crippen molar-refractivity contribution in [1.29, 1.82) is 0 Å². The molecule has 3 heteroatoms. The van der Waals surface area contributed by atoms with Crippen molar-refractivity contribution in [2.45, 2.75) is 6.92 Å². The maximum Gasteiger partial charge on any atom is 0.254 e. The van der Waals surface area contributed by atoms with Gasteiger partial charge in [0.1, 0.15) is 0 Å². The molecular formula is C12H13NO2. The first kappa shape index (κ1) is 11.2. The molecule has 0 saturated heterocycles. The zero-order valence-corrected chi connectivity index (χ0v) is 8.83. The van der Waals surface area contributed by atoms with Crippen LogP contribution in [-0.4, -0.2) is 18.7 Å². The second-order valence-corrected chi connectivity index (χ2v) is 3.26. The summed E-state index contributed by atoms with van der Waals surface area (Å²) in [5.74, 6) is -0.778. The van der Waals surface area contributed by atoms with Crippen molar-refractivity contribution in [1.82, 2.24) is 5.32 Å². The SMILES string of the molecule is C=C(C(=O)NC)C(=O)c1cccc(C)c1. The first-order valence-electron chi connectivity index (χ1n) is 4.58. The maximum atomic E-state index is 11.7. The van der Waals surface area contributed by atoms with Crippen LogP contribution in [0.1, 0.15) is 15.9 Å². The third-order valence-corrected chi connectivity index (χ3v) is 2.06. The minimum atomic E-state index is -0.443. The van der Waals surface area contributed by atoms with Crippen LogP contribution in [0.25, 0.3) is 0 Å². The lowest BCUT2D eigenvalue weighted by Crippen LogP contribution is -2.24. The highest BCUT2D eigenvalue weighted by atomic mass is 16.2. The number of nitrogens with one attached hydrogen (secondary N) is 1. The second kappa shape index (κ2) is 4.55. The van der Waals surface area contributed by atoms with Gasteiger partial charge in [-0.3, -0.25) is 9.59 Å². The fraction of sp³-hybridized carbons (Fsp3) is 0.167. The Morgan fingerprint density at radius 1 is 1.33 bits per heavy atom. The largest absolute Gasteiger partial charge is 0.355 e. The molecule has 78 valence electrons. The van der Waals surface area contributed by atoms with Crippen LogP contribution in [0.4, 0.5) is 0 Å². The Balaban J connectivity index is 2.95. The predicted octanol–water partition coefficient (Wildman–Crippen LogP) is 1.48. The van der Waals surface area contributed by atoms with E-state index in [-0.39, 0.29) is 11.4 Å². The van der Waals surface area contributed by atoms with E-state index in [1.165, 1.54) is 7.05 Å². The fourth-order valence-electron chi connectivity index (χ4n) is 1.21. The summed E-state index contributed by atoms with van der Waals surface area (Å²) in [6.07, 6.45) is 0. The molecule has 0 aromatic heterocycles. The molecule has 0 aliphatic carbocycles. The molecule has 1 aromatic carbocycles. The second-order valence-electron chi connectivity index (χ2n) is 3.26. The fourth-order valence-corrected chi connectivity index (χ4v) is 1.21. The number of aryl methyl sites for hydroxylation is 1. The summed E-state index contributed by atoms with van der Waals surface area (Å²) in [6.45, 7) is 5.36. The molecule has 1 amide bonds. The highest BCUT2D eigenvalue weighted by molar-refractivity contribution is 6.25. The van der Waals surface area contributed by atoms with Gasteiger partial charge in [0.25, 0.3) is 5.91 Å². The maximum absolute atomic E-state index is 11.7. The molecule has 0 saturated carbocycles. The highest BCUT2D eigenvalue weighted by Gasteiger charge is 2.15. The number of Topliss-reactive ketones (excluding diaryl/α,β-unsaturated/α-hetero) is 1. The average Bonchev–Trinajstić information content (AvgIpc) is 2.26. The van der Waals surface area contributed by atoms with Gasteiger partial charge >= 0.3 is 0 Å². The van der Waals surface area contributed by atoms with Gasteiger partial charge < -0.3 is 5.32 Å². The molecule has 1 aromatic rings. The highest BCUT2D eigenvalue weighted by Crippen LogP contribution is 2.09. The molecule has 0 radical (unpaired) electrons. The van der Waals surface area contributed by atoms with Gasteiger partial charge in [-0.25, -0.2) is 0 Å². The Morgan fingerprint density at radius 2 is 2.00 bits per heavy atom. The number of benzene rings is 1. The zero-order valence-electron chi connectivity index (χ0n) is 8.83. The van der Waals surface area contributed by atoms with Crippen LogP contribution in [0.15, 0.2) is 36.4 Å². The van der Waals surface area contributed by atoms with Gasteiger partial charge in [-0.1, -0.05) is 30.3 Å². The Bertz CT molecular complexity index is 421. The quantitative estimate of drug-likeness (QED) is 0.350. The summed E-state index contributed by atoms with van der Waals surface area (Å²) in [7, 11) is 1.47. The molecule has 1 N–H and O–H groups in total. The molecule has 15 heavy (non-hydrogen) atoms. The van der Waals surface area contributed by atoms with Crippen molar-refractivity contribution in [2.24, 2.45) is 0 Å². The number of carbonyl (C=O) groups is 2. The molecule has 0 unspecified atom stereocenters. The number of hydrogen-bond donors (Lipinski definition) is 1. The van der Waals surface area contributed by atoms with Crippen molar-refractivity contribution < 1.29 is 9.59 Å². The van der Waals surface area contributed by atoms with Crippen molar-refractivity contribution in [3.05, 3.63) is 47.5 Å². The standard InChI is InChI=1S/C12H13NO2/c1-8-5-4-6-10(7-8)11(14)9(2)12(15)13-3/h4-7H,2H2,1,3H3,(H,13,15). The Kier molecular flexibility index (Phi) is 3.39. The van der Waals surface area contributed by atoms with Gasteiger partial charge in [-0.05, 0) is 13.0 Å². The van der Waals surface area contributed by atoms with Crippen molar-refractivity contribution in [2.75, 3.05) is 7.05 Å². The van der Waals surface area contributed by atoms with E-state index in [0.717, 1.165) is 5.56 Å². The lowest BCUT2D eigenvalue weighted by molar-refractivity contribution is -0.116. The Hall–Kier alpha value is -1.90. The summed E-state index contributed by atoms with van der Waals surface area (Å²) in [6, 6.07) is 7.07. The number of ketones is 1. The third kappa shape index (κ3) is 2.53. The van der Waals surface area contributed by atoms with Gasteiger partial charge in [0.15, 0.2) is 5.78 Å². The minimum Gasteiger partial charge on any atom is -0.355 e. The number of amides is 1. The van der Waals surface area contributed by atoms with E-state index in [1.54, 1.807) is 18.2 Å². The van der Waals surface area contributed by atoms with Gasteiger partial charge in [-0.2, -0.15) is 0 Å². The van der Waals surface area contributed by atoms with Crippen LogP contribution in [-0.2, 0) is 4.79 Å². The molecular weight excluding hydrogens is 190 g/mol. The van der Waals surface area contributed by atoms with Crippen molar-refractivity contribution >= 4 is 11.7 Å². The Labute approximate surface area is 88.8 Å². The van der Waals surface area contributed by atoms with Gasteiger partial charge in [0.2, 0.25) is 0 Å². The van der Waals surface area contributed by atoms with E-state index in [4.69, 9.17) is 0 Å². The van der Waals surface area contributed by atoms with Crippen molar-refractivity contribution in [3.63, 3.8) is 0 Å². The molecule has 0 aliphatic heterocycles. The predicted molar refractivity (Wildman–Crippen MR) is 58.7 cm³/mol. The molecule has 0 spiro atoms. The van der Waals surface area contributed by atoms with Gasteiger partial charge in [0.05, 0.1) is 5.57 Å². The topological polar surface area (TPSA) is 46.2 Å². The van der Waals surface area contributed by atoms with E-state index in [2.05, 4.69) is 11.9 Å². The lowest BCUT2D eigenvalue weighted by atomic mass is 10.0. The number of carbonyl (C=O) groups excluding carboxylic acids is 2. The van der Waals surface area contributed by atoms with E-state index in [0.29, 0.717) is 5.56 Å². The van der Waals surface area contributed by atoms with E-state index in [1.807, 2.05) is 13.0 Å².